The van der Waals surface area contributed by atoms with Crippen LogP contribution in [-0.4, -0.2) is 28.6 Å². The minimum Gasteiger partial charge on any atom is -0.395 e. The molecule has 3 rings (SSSR count). The van der Waals surface area contributed by atoms with Crippen molar-refractivity contribution < 1.29 is 18.8 Å². The fourth-order valence-corrected chi connectivity index (χ4v) is 4.38. The molecule has 1 heterocycles. The average molecular weight is 512 g/mol. The van der Waals surface area contributed by atoms with E-state index < -0.39 is 29.6 Å². The molecule has 0 bridgehead atoms. The molecule has 0 aliphatic rings. The van der Waals surface area contributed by atoms with Gasteiger partial charge in [-0.25, -0.2) is 4.39 Å². The number of aromatic nitrogens is 1. The Balaban J connectivity index is 2.18. The van der Waals surface area contributed by atoms with Crippen molar-refractivity contribution >= 4 is 40.6 Å². The predicted molar refractivity (Wildman–Crippen MR) is 139 cm³/mol. The van der Waals surface area contributed by atoms with E-state index in [1.165, 1.54) is 29.2 Å². The van der Waals surface area contributed by atoms with Gasteiger partial charge in [0.1, 0.15) is 16.7 Å². The molecule has 0 fully saturated rings. The summed E-state index contributed by atoms with van der Waals surface area (Å²) in [7, 11) is 0. The second-order valence-corrected chi connectivity index (χ2v) is 9.78. The van der Waals surface area contributed by atoms with E-state index in [2.05, 4.69) is 9.69 Å². The Morgan fingerprint density at radius 2 is 1.75 bits per heavy atom. The van der Waals surface area contributed by atoms with Gasteiger partial charge in [0.15, 0.2) is 5.69 Å². The summed E-state index contributed by atoms with van der Waals surface area (Å²) in [5, 5.41) is 2.90. The van der Waals surface area contributed by atoms with Crippen LogP contribution in [0.2, 0.25) is 0 Å². The normalized spacial score (nSPS) is 11.8. The number of carbonyl (C=O) groups is 3. The highest BCUT2D eigenvalue weighted by atomic mass is 32.1. The van der Waals surface area contributed by atoms with Gasteiger partial charge in [-0.05, 0) is 78.7 Å². The summed E-state index contributed by atoms with van der Waals surface area (Å²) in [4.78, 5) is 40.6. The molecule has 10 heteroatoms. The summed E-state index contributed by atoms with van der Waals surface area (Å²) in [6, 6.07) is 9.61. The van der Waals surface area contributed by atoms with Gasteiger partial charge in [-0.2, -0.15) is 4.37 Å². The third-order valence-corrected chi connectivity index (χ3v) is 6.71. The number of amides is 3. The van der Waals surface area contributed by atoms with Gasteiger partial charge in [-0.15, -0.1) is 0 Å². The van der Waals surface area contributed by atoms with Crippen LogP contribution in [-0.2, 0) is 4.79 Å². The van der Waals surface area contributed by atoms with Crippen LogP contribution in [0.4, 0.5) is 15.8 Å². The van der Waals surface area contributed by atoms with Crippen molar-refractivity contribution in [1.29, 1.82) is 0 Å². The summed E-state index contributed by atoms with van der Waals surface area (Å²) in [6.07, 6.45) is 0.739. The third-order valence-electron chi connectivity index (χ3n) is 5.86. The Bertz CT molecular complexity index is 1270. The fourth-order valence-electron chi connectivity index (χ4n) is 3.64. The Kier molecular flexibility index (Phi) is 8.41. The molecule has 3 aromatic rings. The van der Waals surface area contributed by atoms with Crippen molar-refractivity contribution in [2.45, 2.75) is 40.2 Å². The van der Waals surface area contributed by atoms with E-state index >= 15 is 0 Å². The quantitative estimate of drug-likeness (QED) is 0.397. The van der Waals surface area contributed by atoms with Crippen molar-refractivity contribution in [3.63, 3.8) is 0 Å². The van der Waals surface area contributed by atoms with Crippen LogP contribution in [0.3, 0.4) is 0 Å². The van der Waals surface area contributed by atoms with Gasteiger partial charge >= 0.3 is 0 Å². The summed E-state index contributed by atoms with van der Waals surface area (Å²) >= 11 is 0.733. The van der Waals surface area contributed by atoms with Gasteiger partial charge in [0, 0.05) is 12.2 Å². The summed E-state index contributed by atoms with van der Waals surface area (Å²) < 4.78 is 17.7. The molecule has 5 N–H and O–H groups in total. The van der Waals surface area contributed by atoms with Crippen LogP contribution in [0.25, 0.3) is 0 Å². The first-order valence-electron chi connectivity index (χ1n) is 11.5. The minimum absolute atomic E-state index is 0.0240. The zero-order chi connectivity index (χ0) is 26.6. The lowest BCUT2D eigenvalue weighted by Gasteiger charge is -2.32. The van der Waals surface area contributed by atoms with E-state index in [0.717, 1.165) is 29.1 Å². The Morgan fingerprint density at radius 1 is 1.08 bits per heavy atom. The van der Waals surface area contributed by atoms with E-state index in [-0.39, 0.29) is 16.3 Å². The highest BCUT2D eigenvalue weighted by Crippen LogP contribution is 2.34. The number of carbonyl (C=O) groups excluding carboxylic acids is 3. The molecular weight excluding hydrogens is 481 g/mol. The molecule has 36 heavy (non-hydrogen) atoms. The molecule has 0 aliphatic carbocycles. The molecule has 0 saturated heterocycles. The number of hydrogen-bond donors (Lipinski definition) is 3. The van der Waals surface area contributed by atoms with E-state index in [9.17, 15) is 18.8 Å². The standard InChI is InChI=1S/C26H30FN5O3S/c1-14(2)11-12-30-25(34)22(17-6-8-18(27)9-7-17)32(19-10-5-15(3)16(4)13-19)26(35)23-20(28)21(24(29)33)31-36-23/h5-10,13-14,22H,11-12,28H2,1-4H3,(H2,29,33)(H,30,34)/t22-/m0/s1. The molecule has 0 unspecified atom stereocenters. The van der Waals surface area contributed by atoms with Crippen LogP contribution in [0.5, 0.6) is 0 Å². The molecular formula is C26H30FN5O3S. The maximum atomic E-state index is 14.0. The topological polar surface area (TPSA) is 131 Å². The molecule has 0 radical (unpaired) electrons. The summed E-state index contributed by atoms with van der Waals surface area (Å²) in [5.74, 6) is -2.04. The Morgan fingerprint density at radius 3 is 2.31 bits per heavy atom. The highest BCUT2D eigenvalue weighted by Gasteiger charge is 2.36. The number of halogens is 1. The number of anilines is 2. The van der Waals surface area contributed by atoms with Crippen LogP contribution in [0.15, 0.2) is 42.5 Å². The zero-order valence-corrected chi connectivity index (χ0v) is 21.5. The lowest BCUT2D eigenvalue weighted by Crippen LogP contribution is -2.44. The minimum atomic E-state index is -1.15. The number of nitrogens with zero attached hydrogens (tertiary/aromatic N) is 2. The molecule has 3 amide bonds. The molecule has 0 saturated carbocycles. The summed E-state index contributed by atoms with van der Waals surface area (Å²) in [6.45, 7) is 8.30. The van der Waals surface area contributed by atoms with Crippen molar-refractivity contribution in [2.75, 3.05) is 17.2 Å². The van der Waals surface area contributed by atoms with Gasteiger partial charge in [0.25, 0.3) is 11.8 Å². The zero-order valence-electron chi connectivity index (χ0n) is 20.7. The number of rotatable bonds is 9. The largest absolute Gasteiger partial charge is 0.395 e. The lowest BCUT2D eigenvalue weighted by molar-refractivity contribution is -0.122. The monoisotopic (exact) mass is 511 g/mol. The molecule has 1 atom stereocenters. The van der Waals surface area contributed by atoms with E-state index in [4.69, 9.17) is 11.5 Å². The number of nitrogens with two attached hydrogens (primary N) is 2. The van der Waals surface area contributed by atoms with Gasteiger partial charge in [-0.3, -0.25) is 19.3 Å². The van der Waals surface area contributed by atoms with Crippen molar-refractivity contribution in [3.05, 3.63) is 75.5 Å². The fraction of sp³-hybridized carbons (Fsp3) is 0.308. The van der Waals surface area contributed by atoms with Gasteiger partial charge in [0.05, 0.1) is 5.69 Å². The maximum absolute atomic E-state index is 14.0. The highest BCUT2D eigenvalue weighted by molar-refractivity contribution is 7.09. The molecule has 8 nitrogen and oxygen atoms in total. The van der Waals surface area contributed by atoms with E-state index in [1.807, 2.05) is 33.8 Å². The Hall–Kier alpha value is -3.79. The average Bonchev–Trinajstić information content (AvgIpc) is 3.21. The number of benzene rings is 2. The van der Waals surface area contributed by atoms with Crippen LogP contribution in [0.1, 0.15) is 63.2 Å². The smallest absolute Gasteiger partial charge is 0.273 e. The molecule has 2 aromatic carbocycles. The third kappa shape index (κ3) is 5.88. The van der Waals surface area contributed by atoms with Crippen LogP contribution >= 0.6 is 11.5 Å². The molecule has 0 aliphatic heterocycles. The number of nitrogen functional groups attached to an aromatic ring is 1. The van der Waals surface area contributed by atoms with E-state index in [0.29, 0.717) is 23.7 Å². The van der Waals surface area contributed by atoms with Crippen molar-refractivity contribution in [3.8, 4) is 0 Å². The van der Waals surface area contributed by atoms with Crippen molar-refractivity contribution in [1.82, 2.24) is 9.69 Å². The first-order chi connectivity index (χ1) is 17.0. The van der Waals surface area contributed by atoms with Crippen LogP contribution < -0.4 is 21.7 Å². The number of nitrogens with one attached hydrogen (secondary N) is 1. The summed E-state index contributed by atoms with van der Waals surface area (Å²) in [5.41, 5.74) is 13.8. The second kappa shape index (κ2) is 11.3. The number of primary amides is 1. The van der Waals surface area contributed by atoms with Gasteiger partial charge in [-0.1, -0.05) is 32.0 Å². The number of aryl methyl sites for hydroxylation is 2. The number of hydrogen-bond acceptors (Lipinski definition) is 6. The molecule has 190 valence electrons. The molecule has 0 spiro atoms. The second-order valence-electron chi connectivity index (χ2n) is 9.01. The maximum Gasteiger partial charge on any atom is 0.273 e. The first-order valence-corrected chi connectivity index (χ1v) is 12.3. The first kappa shape index (κ1) is 26.8. The van der Waals surface area contributed by atoms with E-state index in [1.54, 1.807) is 12.1 Å². The SMILES string of the molecule is Cc1ccc(N(C(=O)c2snc(C(N)=O)c2N)[C@H](C(=O)NCCC(C)C)c2ccc(F)cc2)cc1C. The predicted octanol–water partition coefficient (Wildman–Crippen LogP) is 4.13. The van der Waals surface area contributed by atoms with Gasteiger partial charge < -0.3 is 16.8 Å². The van der Waals surface area contributed by atoms with Crippen LogP contribution in [0, 0.1) is 25.6 Å². The van der Waals surface area contributed by atoms with Crippen molar-refractivity contribution in [2.24, 2.45) is 11.7 Å². The molecule has 1 aromatic heterocycles. The van der Waals surface area contributed by atoms with Gasteiger partial charge in [0.2, 0.25) is 5.91 Å². The lowest BCUT2D eigenvalue weighted by atomic mass is 10.0. The Labute approximate surface area is 213 Å².